The summed E-state index contributed by atoms with van der Waals surface area (Å²) in [7, 11) is -4.05. The normalized spacial score (nSPS) is 11.5. The van der Waals surface area contributed by atoms with E-state index in [1.165, 1.54) is 30.3 Å². The summed E-state index contributed by atoms with van der Waals surface area (Å²) in [4.78, 5) is 23.2. The third-order valence-corrected chi connectivity index (χ3v) is 6.78. The number of hydrogen-bond donors (Lipinski definition) is 1. The maximum atomic E-state index is 13.3. The Balaban J connectivity index is 1.85. The molecule has 1 N–H and O–H groups in total. The van der Waals surface area contributed by atoms with Crippen LogP contribution in [-0.2, 0) is 14.8 Å². The Kier molecular flexibility index (Phi) is 7.75. The molecular formula is C24H24N4O5S. The van der Waals surface area contributed by atoms with Gasteiger partial charge in [-0.3, -0.25) is 19.2 Å². The minimum absolute atomic E-state index is 0.0409. The molecule has 0 atom stereocenters. The minimum Gasteiger partial charge on any atom is -0.271 e. The minimum atomic E-state index is -4.05. The van der Waals surface area contributed by atoms with E-state index in [9.17, 15) is 23.3 Å². The SMILES string of the molecule is CC(C)c1ccc(N(CC(=O)N/N=C\c2ccccc2[N+](=O)[O-])S(=O)(=O)c2ccccc2)cc1. The van der Waals surface area contributed by atoms with E-state index in [0.717, 1.165) is 16.1 Å². The largest absolute Gasteiger partial charge is 0.278 e. The predicted octanol–water partition coefficient (Wildman–Crippen LogP) is 4.06. The van der Waals surface area contributed by atoms with E-state index in [1.54, 1.807) is 36.4 Å². The van der Waals surface area contributed by atoms with Gasteiger partial charge in [0.2, 0.25) is 0 Å². The lowest BCUT2D eigenvalue weighted by Crippen LogP contribution is -2.39. The van der Waals surface area contributed by atoms with Crippen molar-refractivity contribution in [1.82, 2.24) is 5.43 Å². The van der Waals surface area contributed by atoms with Crippen LogP contribution >= 0.6 is 0 Å². The Morgan fingerprint density at radius 2 is 1.65 bits per heavy atom. The molecule has 0 aliphatic carbocycles. The Bertz CT molecular complexity index is 1290. The van der Waals surface area contributed by atoms with Gasteiger partial charge in [0.1, 0.15) is 6.54 Å². The number of carbonyl (C=O) groups excluding carboxylic acids is 1. The van der Waals surface area contributed by atoms with Crippen molar-refractivity contribution >= 4 is 33.5 Å². The molecule has 0 aliphatic heterocycles. The van der Waals surface area contributed by atoms with Gasteiger partial charge in [-0.1, -0.05) is 56.3 Å². The first kappa shape index (κ1) is 24.6. The first-order valence-electron chi connectivity index (χ1n) is 10.4. The number of nitrogens with zero attached hydrogens (tertiary/aromatic N) is 3. The van der Waals surface area contributed by atoms with Crippen molar-refractivity contribution < 1.29 is 18.1 Å². The van der Waals surface area contributed by atoms with Crippen LogP contribution in [0.5, 0.6) is 0 Å². The number of anilines is 1. The molecule has 9 nitrogen and oxygen atoms in total. The Hall–Kier alpha value is -4.05. The van der Waals surface area contributed by atoms with Crippen molar-refractivity contribution in [1.29, 1.82) is 0 Å². The highest BCUT2D eigenvalue weighted by atomic mass is 32.2. The fourth-order valence-electron chi connectivity index (χ4n) is 3.16. The molecule has 3 aromatic rings. The Morgan fingerprint density at radius 3 is 2.26 bits per heavy atom. The molecule has 0 aromatic heterocycles. The molecule has 0 fully saturated rings. The van der Waals surface area contributed by atoms with Crippen molar-refractivity contribution in [3.05, 3.63) is 100 Å². The van der Waals surface area contributed by atoms with Crippen molar-refractivity contribution in [2.45, 2.75) is 24.7 Å². The maximum Gasteiger partial charge on any atom is 0.278 e. The van der Waals surface area contributed by atoms with Gasteiger partial charge in [-0.2, -0.15) is 5.10 Å². The molecule has 1 amide bonds. The average Bonchev–Trinajstić information content (AvgIpc) is 2.83. The fraction of sp³-hybridized carbons (Fsp3) is 0.167. The van der Waals surface area contributed by atoms with Crippen LogP contribution in [0.4, 0.5) is 11.4 Å². The van der Waals surface area contributed by atoms with Crippen molar-refractivity contribution in [2.24, 2.45) is 5.10 Å². The second-order valence-corrected chi connectivity index (χ2v) is 9.54. The number of benzene rings is 3. The lowest BCUT2D eigenvalue weighted by Gasteiger charge is -2.24. The van der Waals surface area contributed by atoms with Gasteiger partial charge in [0, 0.05) is 6.07 Å². The molecule has 0 bridgehead atoms. The summed E-state index contributed by atoms with van der Waals surface area (Å²) in [5.74, 6) is -0.449. The number of rotatable bonds is 9. The number of amides is 1. The molecule has 0 radical (unpaired) electrons. The van der Waals surface area contributed by atoms with E-state index >= 15 is 0 Å². The molecule has 34 heavy (non-hydrogen) atoms. The summed E-state index contributed by atoms with van der Waals surface area (Å²) < 4.78 is 27.7. The smallest absolute Gasteiger partial charge is 0.271 e. The summed E-state index contributed by atoms with van der Waals surface area (Å²) in [5.41, 5.74) is 3.64. The number of hydrogen-bond acceptors (Lipinski definition) is 6. The van der Waals surface area contributed by atoms with E-state index in [0.29, 0.717) is 5.69 Å². The molecule has 0 heterocycles. The van der Waals surface area contributed by atoms with Crippen LogP contribution in [0.1, 0.15) is 30.9 Å². The average molecular weight is 481 g/mol. The second-order valence-electron chi connectivity index (χ2n) is 7.68. The molecule has 0 saturated carbocycles. The van der Waals surface area contributed by atoms with E-state index in [1.807, 2.05) is 26.0 Å². The highest BCUT2D eigenvalue weighted by Gasteiger charge is 2.27. The molecule has 3 rings (SSSR count). The first-order chi connectivity index (χ1) is 16.2. The van der Waals surface area contributed by atoms with Crippen LogP contribution in [0.3, 0.4) is 0 Å². The number of para-hydroxylation sites is 1. The lowest BCUT2D eigenvalue weighted by atomic mass is 10.0. The van der Waals surface area contributed by atoms with Crippen LogP contribution < -0.4 is 9.73 Å². The number of carbonyl (C=O) groups is 1. The number of nitro groups is 1. The molecule has 0 aliphatic rings. The number of nitrogens with one attached hydrogen (secondary N) is 1. The number of sulfonamides is 1. The van der Waals surface area contributed by atoms with Gasteiger partial charge in [-0.05, 0) is 41.8 Å². The number of nitro benzene ring substituents is 1. The van der Waals surface area contributed by atoms with Crippen molar-refractivity contribution in [3.8, 4) is 0 Å². The quantitative estimate of drug-likeness (QED) is 0.281. The van der Waals surface area contributed by atoms with Crippen molar-refractivity contribution in [3.63, 3.8) is 0 Å². The van der Waals surface area contributed by atoms with Crippen molar-refractivity contribution in [2.75, 3.05) is 10.8 Å². The predicted molar refractivity (Wildman–Crippen MR) is 130 cm³/mol. The summed E-state index contributed by atoms with van der Waals surface area (Å²) in [5, 5.41) is 14.9. The molecule has 176 valence electrons. The molecule has 0 unspecified atom stereocenters. The summed E-state index contributed by atoms with van der Waals surface area (Å²) >= 11 is 0. The van der Waals surface area contributed by atoms with Crippen LogP contribution in [0.15, 0.2) is 88.9 Å². The van der Waals surface area contributed by atoms with Gasteiger partial charge >= 0.3 is 0 Å². The van der Waals surface area contributed by atoms with E-state index in [-0.39, 0.29) is 22.1 Å². The van der Waals surface area contributed by atoms with Gasteiger partial charge in [0.15, 0.2) is 0 Å². The Morgan fingerprint density at radius 1 is 1.03 bits per heavy atom. The zero-order valence-corrected chi connectivity index (χ0v) is 19.5. The van der Waals surface area contributed by atoms with Gasteiger partial charge < -0.3 is 0 Å². The summed E-state index contributed by atoms with van der Waals surface area (Å²) in [6.07, 6.45) is 1.14. The fourth-order valence-corrected chi connectivity index (χ4v) is 4.60. The number of hydrazone groups is 1. The van der Waals surface area contributed by atoms with E-state index in [4.69, 9.17) is 0 Å². The van der Waals surface area contributed by atoms with E-state index < -0.39 is 27.4 Å². The van der Waals surface area contributed by atoms with E-state index in [2.05, 4.69) is 10.5 Å². The van der Waals surface area contributed by atoms with Gasteiger partial charge in [-0.15, -0.1) is 0 Å². The third kappa shape index (κ3) is 5.84. The topological polar surface area (TPSA) is 122 Å². The van der Waals surface area contributed by atoms with Gasteiger partial charge in [0.05, 0.1) is 27.3 Å². The molecule has 0 saturated heterocycles. The zero-order valence-electron chi connectivity index (χ0n) is 18.7. The summed E-state index contributed by atoms with van der Waals surface area (Å²) in [6, 6.07) is 20.7. The first-order valence-corrected chi connectivity index (χ1v) is 11.9. The monoisotopic (exact) mass is 480 g/mol. The van der Waals surface area contributed by atoms with Crippen LogP contribution in [-0.4, -0.2) is 32.0 Å². The standard InChI is InChI=1S/C24H24N4O5S/c1-18(2)19-12-14-21(15-13-19)27(34(32,33)22-9-4-3-5-10-22)17-24(29)26-25-16-20-8-6-7-11-23(20)28(30)31/h3-16,18H,17H2,1-2H3,(H,26,29)/b25-16-. The van der Waals surface area contributed by atoms with Crippen LogP contribution in [0.2, 0.25) is 0 Å². The lowest BCUT2D eigenvalue weighted by molar-refractivity contribution is -0.385. The molecule has 3 aromatic carbocycles. The highest BCUT2D eigenvalue weighted by molar-refractivity contribution is 7.92. The molecular weight excluding hydrogens is 456 g/mol. The zero-order chi connectivity index (χ0) is 24.7. The Labute approximate surface area is 197 Å². The molecule has 10 heteroatoms. The van der Waals surface area contributed by atoms with Crippen LogP contribution in [0.25, 0.3) is 0 Å². The molecule has 0 spiro atoms. The van der Waals surface area contributed by atoms with Gasteiger partial charge in [0.25, 0.3) is 21.6 Å². The second kappa shape index (κ2) is 10.7. The maximum absolute atomic E-state index is 13.3. The highest BCUT2D eigenvalue weighted by Crippen LogP contribution is 2.25. The summed E-state index contributed by atoms with van der Waals surface area (Å²) in [6.45, 7) is 3.51. The van der Waals surface area contributed by atoms with Crippen LogP contribution in [0, 0.1) is 10.1 Å². The van der Waals surface area contributed by atoms with Gasteiger partial charge in [-0.25, -0.2) is 13.8 Å². The third-order valence-electron chi connectivity index (χ3n) is 4.99.